The van der Waals surface area contributed by atoms with Gasteiger partial charge in [0.25, 0.3) is 0 Å². The molecule has 0 spiro atoms. The molecule has 17 heavy (non-hydrogen) atoms. The van der Waals surface area contributed by atoms with Crippen molar-refractivity contribution < 1.29 is 9.50 Å². The number of aliphatic hydroxyl groups is 1. The van der Waals surface area contributed by atoms with E-state index in [1.807, 2.05) is 6.07 Å². The summed E-state index contributed by atoms with van der Waals surface area (Å²) in [5.74, 6) is -0.255. The van der Waals surface area contributed by atoms with E-state index in [4.69, 9.17) is 11.0 Å². The molecule has 0 radical (unpaired) electrons. The van der Waals surface area contributed by atoms with Gasteiger partial charge >= 0.3 is 0 Å². The molecule has 0 aliphatic heterocycles. The molecule has 1 fully saturated rings. The lowest BCUT2D eigenvalue weighted by molar-refractivity contribution is 0.100. The lowest BCUT2D eigenvalue weighted by atomic mass is 9.80. The smallest absolute Gasteiger partial charge is 0.124 e. The number of nitrogens with zero attached hydrogens (tertiary/aromatic N) is 1. The number of rotatable bonds is 1. The second-order valence-electron chi connectivity index (χ2n) is 4.63. The van der Waals surface area contributed by atoms with Crippen LogP contribution in [0.25, 0.3) is 0 Å². The van der Waals surface area contributed by atoms with Crippen LogP contribution in [0.1, 0.15) is 36.3 Å². The second-order valence-corrected chi connectivity index (χ2v) is 4.63. The van der Waals surface area contributed by atoms with Gasteiger partial charge in [-0.3, -0.25) is 0 Å². The Kier molecular flexibility index (Phi) is 3.41. The number of halogens is 1. The van der Waals surface area contributed by atoms with Gasteiger partial charge in [0.15, 0.2) is 0 Å². The molecule has 1 aliphatic carbocycles. The van der Waals surface area contributed by atoms with E-state index >= 15 is 0 Å². The van der Waals surface area contributed by atoms with Crippen molar-refractivity contribution in [3.63, 3.8) is 0 Å². The molecule has 3 N–H and O–H groups in total. The van der Waals surface area contributed by atoms with Gasteiger partial charge in [0.05, 0.1) is 17.7 Å². The molecule has 1 aliphatic rings. The first kappa shape index (κ1) is 12.0. The molecule has 1 aromatic carbocycles. The van der Waals surface area contributed by atoms with Crippen molar-refractivity contribution in [1.29, 1.82) is 5.26 Å². The van der Waals surface area contributed by atoms with Crippen molar-refractivity contribution in [1.82, 2.24) is 0 Å². The Bertz CT molecular complexity index is 455. The van der Waals surface area contributed by atoms with Crippen LogP contribution in [0.2, 0.25) is 0 Å². The summed E-state index contributed by atoms with van der Waals surface area (Å²) < 4.78 is 13.3. The zero-order chi connectivity index (χ0) is 12.4. The van der Waals surface area contributed by atoms with E-state index < -0.39 is 11.9 Å². The van der Waals surface area contributed by atoms with Gasteiger partial charge < -0.3 is 10.8 Å². The van der Waals surface area contributed by atoms with Crippen LogP contribution in [-0.4, -0.2) is 17.3 Å². The monoisotopic (exact) mass is 234 g/mol. The summed E-state index contributed by atoms with van der Waals surface area (Å²) in [6, 6.07) is 6.07. The fraction of sp³-hybridized carbons (Fsp3) is 0.462. The lowest BCUT2D eigenvalue weighted by Crippen LogP contribution is -2.39. The Labute approximate surface area is 99.7 Å². The minimum atomic E-state index is -0.463. The Hall–Kier alpha value is -1.44. The summed E-state index contributed by atoms with van der Waals surface area (Å²) >= 11 is 0. The van der Waals surface area contributed by atoms with Gasteiger partial charge in [-0.25, -0.2) is 4.39 Å². The van der Waals surface area contributed by atoms with E-state index in [1.54, 1.807) is 6.07 Å². The third-order valence-electron chi connectivity index (χ3n) is 3.38. The number of benzene rings is 1. The highest BCUT2D eigenvalue weighted by molar-refractivity contribution is 5.35. The predicted octanol–water partition coefficient (Wildman–Crippen LogP) is 1.65. The van der Waals surface area contributed by atoms with Crippen molar-refractivity contribution in [3.05, 3.63) is 35.1 Å². The molecule has 2 rings (SSSR count). The van der Waals surface area contributed by atoms with Crippen LogP contribution in [0.5, 0.6) is 0 Å². The zero-order valence-corrected chi connectivity index (χ0v) is 9.44. The molecule has 1 saturated carbocycles. The van der Waals surface area contributed by atoms with Gasteiger partial charge in [-0.1, -0.05) is 0 Å². The summed E-state index contributed by atoms with van der Waals surface area (Å²) in [5, 5.41) is 18.3. The maximum absolute atomic E-state index is 13.3. The van der Waals surface area contributed by atoms with Gasteiger partial charge in [0.1, 0.15) is 5.82 Å². The molecule has 3 nitrogen and oxygen atoms in total. The fourth-order valence-corrected chi connectivity index (χ4v) is 2.40. The molecule has 1 aromatic rings. The van der Waals surface area contributed by atoms with E-state index in [1.165, 1.54) is 12.1 Å². The maximum Gasteiger partial charge on any atom is 0.124 e. The van der Waals surface area contributed by atoms with Gasteiger partial charge in [0.2, 0.25) is 0 Å². The van der Waals surface area contributed by atoms with Crippen molar-refractivity contribution in [2.75, 3.05) is 0 Å². The summed E-state index contributed by atoms with van der Waals surface area (Å²) in [6.45, 7) is 0. The number of nitrogens with two attached hydrogens (primary N) is 1. The van der Waals surface area contributed by atoms with Crippen LogP contribution in [0, 0.1) is 17.1 Å². The van der Waals surface area contributed by atoms with Gasteiger partial charge in [-0.15, -0.1) is 0 Å². The van der Waals surface area contributed by atoms with Crippen LogP contribution >= 0.6 is 0 Å². The Morgan fingerprint density at radius 2 is 2.12 bits per heavy atom. The normalized spacial score (nSPS) is 28.7. The summed E-state index contributed by atoms with van der Waals surface area (Å²) in [6.07, 6.45) is 1.58. The Morgan fingerprint density at radius 1 is 1.35 bits per heavy atom. The number of hydrogen-bond donors (Lipinski definition) is 2. The topological polar surface area (TPSA) is 70.0 Å². The standard InChI is InChI=1S/C13H15FN2O/c14-11-4-8(7-15)3-10(5-11)9-1-2-13(17)12(16)6-9/h3-5,9,12-13,17H,1-2,6,16H2. The largest absolute Gasteiger partial charge is 0.392 e. The average Bonchev–Trinajstić information content (AvgIpc) is 2.32. The Balaban J connectivity index is 2.23. The lowest BCUT2D eigenvalue weighted by Gasteiger charge is -2.31. The molecule has 3 unspecified atom stereocenters. The van der Waals surface area contributed by atoms with Crippen molar-refractivity contribution in [2.45, 2.75) is 37.3 Å². The quantitative estimate of drug-likeness (QED) is 0.776. The third kappa shape index (κ3) is 2.63. The summed E-state index contributed by atoms with van der Waals surface area (Å²) in [7, 11) is 0. The summed E-state index contributed by atoms with van der Waals surface area (Å²) in [4.78, 5) is 0. The number of hydrogen-bond acceptors (Lipinski definition) is 3. The van der Waals surface area contributed by atoms with E-state index in [0.29, 0.717) is 18.4 Å². The minimum Gasteiger partial charge on any atom is -0.392 e. The van der Waals surface area contributed by atoms with Crippen LogP contribution < -0.4 is 5.73 Å². The first-order valence-corrected chi connectivity index (χ1v) is 5.74. The van der Waals surface area contributed by atoms with Crippen molar-refractivity contribution in [2.24, 2.45) is 5.73 Å². The zero-order valence-electron chi connectivity index (χ0n) is 9.44. The Morgan fingerprint density at radius 3 is 2.76 bits per heavy atom. The number of aliphatic hydroxyl groups excluding tert-OH is 1. The van der Waals surface area contributed by atoms with Crippen LogP contribution in [0.15, 0.2) is 18.2 Å². The minimum absolute atomic E-state index is 0.135. The van der Waals surface area contributed by atoms with Crippen molar-refractivity contribution in [3.8, 4) is 6.07 Å². The molecular weight excluding hydrogens is 219 g/mol. The first-order chi connectivity index (χ1) is 8.10. The van der Waals surface area contributed by atoms with E-state index in [-0.39, 0.29) is 12.0 Å². The molecule has 3 atom stereocenters. The van der Waals surface area contributed by atoms with E-state index in [0.717, 1.165) is 12.0 Å². The maximum atomic E-state index is 13.3. The molecular formula is C13H15FN2O. The molecule has 0 bridgehead atoms. The van der Waals surface area contributed by atoms with Crippen LogP contribution in [0.3, 0.4) is 0 Å². The predicted molar refractivity (Wildman–Crippen MR) is 61.7 cm³/mol. The van der Waals surface area contributed by atoms with Crippen LogP contribution in [-0.2, 0) is 0 Å². The van der Waals surface area contributed by atoms with E-state index in [2.05, 4.69) is 0 Å². The fourth-order valence-electron chi connectivity index (χ4n) is 2.40. The highest BCUT2D eigenvalue weighted by atomic mass is 19.1. The highest BCUT2D eigenvalue weighted by Crippen LogP contribution is 2.33. The molecule has 0 aromatic heterocycles. The summed E-state index contributed by atoms with van der Waals surface area (Å²) in [5.41, 5.74) is 6.95. The number of nitriles is 1. The molecule has 0 amide bonds. The molecule has 0 heterocycles. The SMILES string of the molecule is N#Cc1cc(F)cc(C2CCC(O)C(N)C2)c1. The van der Waals surface area contributed by atoms with Gasteiger partial charge in [-0.05, 0) is 48.9 Å². The first-order valence-electron chi connectivity index (χ1n) is 5.74. The van der Waals surface area contributed by atoms with E-state index in [9.17, 15) is 9.50 Å². The highest BCUT2D eigenvalue weighted by Gasteiger charge is 2.27. The second kappa shape index (κ2) is 4.82. The van der Waals surface area contributed by atoms with Gasteiger partial charge in [0, 0.05) is 6.04 Å². The molecule has 0 saturated heterocycles. The van der Waals surface area contributed by atoms with Gasteiger partial charge in [-0.2, -0.15) is 5.26 Å². The van der Waals surface area contributed by atoms with Crippen LogP contribution in [0.4, 0.5) is 4.39 Å². The molecule has 4 heteroatoms. The molecule has 90 valence electrons. The third-order valence-corrected chi connectivity index (χ3v) is 3.38. The van der Waals surface area contributed by atoms with Crippen molar-refractivity contribution >= 4 is 0 Å². The average molecular weight is 234 g/mol.